The average Bonchev–Trinajstić information content (AvgIpc) is 2.32. The Labute approximate surface area is 77.7 Å². The fourth-order valence-electron chi connectivity index (χ4n) is 1.11. The van der Waals surface area contributed by atoms with Crippen molar-refractivity contribution in [3.8, 4) is 0 Å². The quantitative estimate of drug-likeness (QED) is 0.698. The van der Waals surface area contributed by atoms with Crippen molar-refractivity contribution in [2.45, 2.75) is 32.7 Å². The zero-order chi connectivity index (χ0) is 10.1. The van der Waals surface area contributed by atoms with Crippen LogP contribution in [-0.2, 0) is 12.0 Å². The third-order valence-electron chi connectivity index (χ3n) is 1.95. The molecule has 1 rings (SSSR count). The van der Waals surface area contributed by atoms with Crippen molar-refractivity contribution < 1.29 is 0 Å². The minimum absolute atomic E-state index is 0.00428. The summed E-state index contributed by atoms with van der Waals surface area (Å²) in [4.78, 5) is 11.4. The molecule has 4 heteroatoms. The van der Waals surface area contributed by atoms with E-state index >= 15 is 0 Å². The first-order valence-corrected chi connectivity index (χ1v) is 4.45. The lowest BCUT2D eigenvalue weighted by Crippen LogP contribution is -2.21. The summed E-state index contributed by atoms with van der Waals surface area (Å²) in [6, 6.07) is 1.63. The van der Waals surface area contributed by atoms with Crippen molar-refractivity contribution in [2.75, 3.05) is 6.54 Å². The monoisotopic (exact) mass is 183 g/mol. The molecule has 1 heterocycles. The van der Waals surface area contributed by atoms with Gasteiger partial charge in [0, 0.05) is 23.7 Å². The summed E-state index contributed by atoms with van der Waals surface area (Å²) in [5, 5.41) is 3.05. The van der Waals surface area contributed by atoms with Gasteiger partial charge < -0.3 is 5.73 Å². The van der Waals surface area contributed by atoms with Crippen LogP contribution in [0.2, 0.25) is 0 Å². The SMILES string of the molecule is CC(C)(C)c1cc(=O)n(CCN)[nH]1. The number of nitrogens with one attached hydrogen (secondary N) is 1. The Balaban J connectivity index is 3.02. The average molecular weight is 183 g/mol. The molecule has 0 aliphatic carbocycles. The van der Waals surface area contributed by atoms with Crippen LogP contribution in [0.15, 0.2) is 10.9 Å². The minimum Gasteiger partial charge on any atom is -0.329 e. The van der Waals surface area contributed by atoms with Gasteiger partial charge in [0.1, 0.15) is 0 Å². The first kappa shape index (κ1) is 10.1. The molecule has 4 nitrogen and oxygen atoms in total. The zero-order valence-electron chi connectivity index (χ0n) is 8.42. The molecule has 74 valence electrons. The molecule has 1 aromatic heterocycles. The molecule has 0 fully saturated rings. The minimum atomic E-state index is -0.0149. The Morgan fingerprint density at radius 1 is 1.54 bits per heavy atom. The Morgan fingerprint density at radius 2 is 2.15 bits per heavy atom. The van der Waals surface area contributed by atoms with Crippen LogP contribution in [-0.4, -0.2) is 16.3 Å². The van der Waals surface area contributed by atoms with Crippen LogP contribution in [0.5, 0.6) is 0 Å². The molecule has 13 heavy (non-hydrogen) atoms. The lowest BCUT2D eigenvalue weighted by atomic mass is 9.93. The normalized spacial score (nSPS) is 12.0. The predicted molar refractivity (Wildman–Crippen MR) is 52.8 cm³/mol. The molecule has 0 saturated heterocycles. The van der Waals surface area contributed by atoms with Crippen molar-refractivity contribution >= 4 is 0 Å². The summed E-state index contributed by atoms with van der Waals surface area (Å²) < 4.78 is 1.54. The largest absolute Gasteiger partial charge is 0.329 e. The molecule has 0 aliphatic rings. The third kappa shape index (κ3) is 2.21. The Bertz CT molecular complexity index is 329. The smallest absolute Gasteiger partial charge is 0.266 e. The van der Waals surface area contributed by atoms with Gasteiger partial charge in [-0.05, 0) is 0 Å². The topological polar surface area (TPSA) is 63.8 Å². The summed E-state index contributed by atoms with van der Waals surface area (Å²) in [5.41, 5.74) is 6.30. The molecule has 0 radical (unpaired) electrons. The fourth-order valence-corrected chi connectivity index (χ4v) is 1.11. The van der Waals surface area contributed by atoms with Crippen LogP contribution in [0.3, 0.4) is 0 Å². The van der Waals surface area contributed by atoms with Crippen LogP contribution in [0.1, 0.15) is 26.5 Å². The van der Waals surface area contributed by atoms with Gasteiger partial charge in [-0.1, -0.05) is 20.8 Å². The maximum absolute atomic E-state index is 11.4. The van der Waals surface area contributed by atoms with Crippen LogP contribution in [0, 0.1) is 0 Å². The van der Waals surface area contributed by atoms with E-state index in [0.717, 1.165) is 5.69 Å². The van der Waals surface area contributed by atoms with E-state index < -0.39 is 0 Å². The number of hydrogen-bond acceptors (Lipinski definition) is 2. The lowest BCUT2D eigenvalue weighted by molar-refractivity contribution is 0.530. The zero-order valence-corrected chi connectivity index (χ0v) is 8.42. The molecule has 1 aromatic rings. The summed E-state index contributed by atoms with van der Waals surface area (Å²) in [7, 11) is 0. The Kier molecular flexibility index (Phi) is 2.61. The molecule has 0 bridgehead atoms. The second-order valence-corrected chi connectivity index (χ2v) is 4.20. The Hall–Kier alpha value is -1.03. The van der Waals surface area contributed by atoms with Crippen molar-refractivity contribution in [1.29, 1.82) is 0 Å². The van der Waals surface area contributed by atoms with Crippen LogP contribution in [0.4, 0.5) is 0 Å². The van der Waals surface area contributed by atoms with Crippen molar-refractivity contribution in [3.05, 3.63) is 22.1 Å². The van der Waals surface area contributed by atoms with E-state index in [1.54, 1.807) is 10.7 Å². The highest BCUT2D eigenvalue weighted by Crippen LogP contribution is 2.17. The Morgan fingerprint density at radius 3 is 2.54 bits per heavy atom. The number of nitrogens with two attached hydrogens (primary N) is 1. The number of aromatic amines is 1. The predicted octanol–water partition coefficient (Wildman–Crippen LogP) is 0.433. The highest BCUT2D eigenvalue weighted by molar-refractivity contribution is 5.10. The maximum atomic E-state index is 11.4. The number of rotatable bonds is 2. The summed E-state index contributed by atoms with van der Waals surface area (Å²) in [5.74, 6) is 0. The van der Waals surface area contributed by atoms with E-state index in [0.29, 0.717) is 13.1 Å². The molecule has 0 spiro atoms. The highest BCUT2D eigenvalue weighted by atomic mass is 16.1. The van der Waals surface area contributed by atoms with E-state index in [9.17, 15) is 4.79 Å². The second kappa shape index (κ2) is 3.38. The van der Waals surface area contributed by atoms with Crippen molar-refractivity contribution in [2.24, 2.45) is 5.73 Å². The van der Waals surface area contributed by atoms with E-state index in [1.807, 2.05) is 0 Å². The molecule has 0 amide bonds. The molecular weight excluding hydrogens is 166 g/mol. The van der Waals surface area contributed by atoms with Crippen LogP contribution < -0.4 is 11.3 Å². The molecular formula is C9H17N3O. The molecule has 0 aliphatic heterocycles. The lowest BCUT2D eigenvalue weighted by Gasteiger charge is -2.15. The number of H-pyrrole nitrogens is 1. The maximum Gasteiger partial charge on any atom is 0.266 e. The van der Waals surface area contributed by atoms with Crippen LogP contribution in [0.25, 0.3) is 0 Å². The standard InChI is InChI=1S/C9H17N3O/c1-9(2,3)7-6-8(13)12(11-7)5-4-10/h6,11H,4-5,10H2,1-3H3. The molecule has 0 unspecified atom stereocenters. The summed E-state index contributed by atoms with van der Waals surface area (Å²) >= 11 is 0. The van der Waals surface area contributed by atoms with Gasteiger partial charge in [-0.3, -0.25) is 14.6 Å². The summed E-state index contributed by atoms with van der Waals surface area (Å²) in [6.07, 6.45) is 0. The molecule has 0 atom stereocenters. The van der Waals surface area contributed by atoms with Gasteiger partial charge in [0.15, 0.2) is 0 Å². The van der Waals surface area contributed by atoms with Gasteiger partial charge in [-0.25, -0.2) is 0 Å². The van der Waals surface area contributed by atoms with E-state index in [4.69, 9.17) is 5.73 Å². The van der Waals surface area contributed by atoms with Gasteiger partial charge in [0.05, 0.1) is 6.54 Å². The number of hydrogen-bond donors (Lipinski definition) is 2. The van der Waals surface area contributed by atoms with Gasteiger partial charge in [0.2, 0.25) is 0 Å². The van der Waals surface area contributed by atoms with Gasteiger partial charge >= 0.3 is 0 Å². The molecule has 3 N–H and O–H groups in total. The highest BCUT2D eigenvalue weighted by Gasteiger charge is 2.16. The number of aromatic nitrogens is 2. The molecule has 0 saturated carbocycles. The van der Waals surface area contributed by atoms with E-state index in [-0.39, 0.29) is 11.0 Å². The van der Waals surface area contributed by atoms with Crippen molar-refractivity contribution in [1.82, 2.24) is 9.78 Å². The van der Waals surface area contributed by atoms with Crippen LogP contribution >= 0.6 is 0 Å². The number of nitrogens with zero attached hydrogens (tertiary/aromatic N) is 1. The fraction of sp³-hybridized carbons (Fsp3) is 0.667. The van der Waals surface area contributed by atoms with Gasteiger partial charge in [-0.15, -0.1) is 0 Å². The van der Waals surface area contributed by atoms with Crippen molar-refractivity contribution in [3.63, 3.8) is 0 Å². The third-order valence-corrected chi connectivity index (χ3v) is 1.95. The summed E-state index contributed by atoms with van der Waals surface area (Å²) in [6.45, 7) is 7.21. The van der Waals surface area contributed by atoms with E-state index in [2.05, 4.69) is 25.9 Å². The van der Waals surface area contributed by atoms with Gasteiger partial charge in [0.25, 0.3) is 5.56 Å². The van der Waals surface area contributed by atoms with Gasteiger partial charge in [-0.2, -0.15) is 0 Å². The molecule has 0 aromatic carbocycles. The first-order chi connectivity index (χ1) is 5.95. The first-order valence-electron chi connectivity index (χ1n) is 4.45. The van der Waals surface area contributed by atoms with E-state index in [1.165, 1.54) is 0 Å². The second-order valence-electron chi connectivity index (χ2n) is 4.20.